The van der Waals surface area contributed by atoms with Gasteiger partial charge in [0.15, 0.2) is 5.17 Å². The Morgan fingerprint density at radius 1 is 1.24 bits per heavy atom. The number of nitrogens with zero attached hydrogens (tertiary/aromatic N) is 2. The number of ether oxygens (including phenoxy) is 1. The van der Waals surface area contributed by atoms with Gasteiger partial charge in [-0.15, -0.1) is 11.3 Å². The Hall–Kier alpha value is -2.81. The number of benzene rings is 1. The van der Waals surface area contributed by atoms with Crippen LogP contribution in [0.2, 0.25) is 5.02 Å². The fourth-order valence-electron chi connectivity index (χ4n) is 4.82. The van der Waals surface area contributed by atoms with Crippen LogP contribution in [-0.2, 0) is 22.4 Å². The third kappa shape index (κ3) is 4.90. The molecule has 0 radical (unpaired) electrons. The fourth-order valence-corrected chi connectivity index (χ4v) is 7.30. The second kappa shape index (κ2) is 10.5. The third-order valence-corrected chi connectivity index (χ3v) is 9.30. The SMILES string of the molecule is CCOC(=O)c1c(-n2c(C)cc(/C=C3\SC(=Nc4cccc(Cl)c4C)NC3=O)c2C)sc2c1CCCC2. The average Bonchev–Trinajstić information content (AvgIpc) is 3.49. The highest BCUT2D eigenvalue weighted by Gasteiger charge is 2.29. The molecule has 0 saturated carbocycles. The smallest absolute Gasteiger partial charge is 0.341 e. The van der Waals surface area contributed by atoms with E-state index in [-0.39, 0.29) is 11.9 Å². The molecule has 192 valence electrons. The second-order valence-corrected chi connectivity index (χ2v) is 11.7. The van der Waals surface area contributed by atoms with Gasteiger partial charge in [0, 0.05) is 21.3 Å². The van der Waals surface area contributed by atoms with Crippen molar-refractivity contribution in [3.63, 3.8) is 0 Å². The van der Waals surface area contributed by atoms with Crippen molar-refractivity contribution in [2.45, 2.75) is 53.4 Å². The number of hydrogen-bond donors (Lipinski definition) is 1. The lowest BCUT2D eigenvalue weighted by atomic mass is 9.95. The Labute approximate surface area is 229 Å². The zero-order chi connectivity index (χ0) is 26.3. The Morgan fingerprint density at radius 3 is 2.81 bits per heavy atom. The van der Waals surface area contributed by atoms with Crippen LogP contribution in [0.4, 0.5) is 5.69 Å². The minimum absolute atomic E-state index is 0.188. The van der Waals surface area contributed by atoms with Crippen molar-refractivity contribution in [1.29, 1.82) is 0 Å². The molecular weight excluding hydrogens is 526 g/mol. The highest BCUT2D eigenvalue weighted by atomic mass is 35.5. The van der Waals surface area contributed by atoms with Gasteiger partial charge in [0.25, 0.3) is 5.91 Å². The number of rotatable bonds is 5. The third-order valence-electron chi connectivity index (χ3n) is 6.70. The van der Waals surface area contributed by atoms with E-state index in [0.29, 0.717) is 27.3 Å². The van der Waals surface area contributed by atoms with Crippen LogP contribution < -0.4 is 5.32 Å². The molecule has 6 nitrogen and oxygen atoms in total. The van der Waals surface area contributed by atoms with Crippen LogP contribution in [0.5, 0.6) is 0 Å². The number of amidine groups is 1. The van der Waals surface area contributed by atoms with E-state index >= 15 is 0 Å². The van der Waals surface area contributed by atoms with E-state index in [1.165, 1.54) is 16.6 Å². The van der Waals surface area contributed by atoms with Crippen LogP contribution in [0.15, 0.2) is 34.2 Å². The Morgan fingerprint density at radius 2 is 2.03 bits per heavy atom. The molecule has 1 amide bonds. The van der Waals surface area contributed by atoms with Crippen molar-refractivity contribution in [2.24, 2.45) is 4.99 Å². The predicted molar refractivity (Wildman–Crippen MR) is 153 cm³/mol. The van der Waals surface area contributed by atoms with Gasteiger partial charge in [-0.3, -0.25) is 4.79 Å². The first-order valence-electron chi connectivity index (χ1n) is 12.3. The zero-order valence-corrected chi connectivity index (χ0v) is 23.6. The first-order chi connectivity index (χ1) is 17.8. The maximum atomic E-state index is 13.0. The summed E-state index contributed by atoms with van der Waals surface area (Å²) in [5.74, 6) is -0.445. The molecule has 2 aromatic heterocycles. The molecule has 0 atom stereocenters. The topological polar surface area (TPSA) is 72.7 Å². The molecule has 1 aliphatic carbocycles. The number of hydrogen-bond acceptors (Lipinski definition) is 6. The number of fused-ring (bicyclic) bond motifs is 1. The van der Waals surface area contributed by atoms with Crippen LogP contribution in [0.25, 0.3) is 11.1 Å². The Balaban J connectivity index is 1.51. The van der Waals surface area contributed by atoms with E-state index in [0.717, 1.165) is 64.4 Å². The van der Waals surface area contributed by atoms with Crippen LogP contribution in [0.1, 0.15) is 63.1 Å². The molecule has 2 aliphatic rings. The lowest BCUT2D eigenvalue weighted by Gasteiger charge is -2.13. The number of carbonyl (C=O) groups is 2. The lowest BCUT2D eigenvalue weighted by Crippen LogP contribution is -2.19. The highest BCUT2D eigenvalue weighted by molar-refractivity contribution is 8.18. The molecule has 1 saturated heterocycles. The summed E-state index contributed by atoms with van der Waals surface area (Å²) in [5.41, 5.74) is 6.32. The van der Waals surface area contributed by atoms with Crippen LogP contribution >= 0.6 is 34.7 Å². The first kappa shape index (κ1) is 25.8. The van der Waals surface area contributed by atoms with Crippen LogP contribution in [0, 0.1) is 20.8 Å². The molecule has 3 aromatic rings. The van der Waals surface area contributed by atoms with Gasteiger partial charge in [-0.25, -0.2) is 9.79 Å². The summed E-state index contributed by atoms with van der Waals surface area (Å²) in [6.07, 6.45) is 6.02. The molecule has 3 heterocycles. The standard InChI is InChI=1S/C28H28ClN3O3S2/c1-5-35-27(34)24-19-9-6-7-12-22(19)36-26(24)32-15(2)13-18(17(32)4)14-23-25(33)31-28(37-23)30-21-11-8-10-20(29)16(21)3/h8,10-11,13-14H,5-7,9,12H2,1-4H3,(H,30,31,33)/b23-14-. The number of aromatic nitrogens is 1. The van der Waals surface area contributed by atoms with Crippen molar-refractivity contribution >= 4 is 63.5 Å². The predicted octanol–water partition coefficient (Wildman–Crippen LogP) is 7.06. The summed E-state index contributed by atoms with van der Waals surface area (Å²) in [7, 11) is 0. The molecule has 1 aromatic carbocycles. The molecular formula is C28H28ClN3O3S2. The van der Waals surface area contributed by atoms with Crippen molar-refractivity contribution in [2.75, 3.05) is 6.61 Å². The van der Waals surface area contributed by atoms with Gasteiger partial charge in [-0.2, -0.15) is 0 Å². The molecule has 0 spiro atoms. The molecule has 0 unspecified atom stereocenters. The minimum atomic E-state index is -0.257. The number of aryl methyl sites for hydroxylation is 2. The lowest BCUT2D eigenvalue weighted by molar-refractivity contribution is -0.115. The normalized spacial score (nSPS) is 17.4. The Bertz CT molecular complexity index is 1480. The molecule has 0 bridgehead atoms. The second-order valence-electron chi connectivity index (χ2n) is 9.14. The molecule has 1 aliphatic heterocycles. The van der Waals surface area contributed by atoms with Gasteiger partial charge < -0.3 is 14.6 Å². The summed E-state index contributed by atoms with van der Waals surface area (Å²) in [5, 5.41) is 4.92. The molecule has 1 fully saturated rings. The van der Waals surface area contributed by atoms with E-state index in [1.807, 2.05) is 52.0 Å². The summed E-state index contributed by atoms with van der Waals surface area (Å²) in [6, 6.07) is 7.59. The van der Waals surface area contributed by atoms with Gasteiger partial charge in [0.05, 0.1) is 22.8 Å². The fraction of sp³-hybridized carbons (Fsp3) is 0.321. The van der Waals surface area contributed by atoms with Crippen molar-refractivity contribution < 1.29 is 14.3 Å². The van der Waals surface area contributed by atoms with E-state index in [4.69, 9.17) is 16.3 Å². The summed E-state index contributed by atoms with van der Waals surface area (Å²) in [6.45, 7) is 8.13. The quantitative estimate of drug-likeness (QED) is 0.271. The molecule has 5 rings (SSSR count). The van der Waals surface area contributed by atoms with Gasteiger partial charge in [-0.1, -0.05) is 17.7 Å². The van der Waals surface area contributed by atoms with Crippen molar-refractivity contribution in [3.8, 4) is 5.00 Å². The first-order valence-corrected chi connectivity index (χ1v) is 14.3. The van der Waals surface area contributed by atoms with Gasteiger partial charge in [0.1, 0.15) is 5.00 Å². The number of amides is 1. The van der Waals surface area contributed by atoms with Gasteiger partial charge >= 0.3 is 5.97 Å². The number of esters is 1. The van der Waals surface area contributed by atoms with E-state index in [9.17, 15) is 9.59 Å². The monoisotopic (exact) mass is 553 g/mol. The maximum absolute atomic E-state index is 13.0. The van der Waals surface area contributed by atoms with Crippen LogP contribution in [0.3, 0.4) is 0 Å². The zero-order valence-electron chi connectivity index (χ0n) is 21.2. The van der Waals surface area contributed by atoms with E-state index in [1.54, 1.807) is 11.3 Å². The number of thiophene rings is 1. The van der Waals surface area contributed by atoms with Gasteiger partial charge in [0.2, 0.25) is 0 Å². The largest absolute Gasteiger partial charge is 0.462 e. The van der Waals surface area contributed by atoms with E-state index < -0.39 is 0 Å². The molecule has 9 heteroatoms. The molecule has 1 N–H and O–H groups in total. The number of halogens is 1. The van der Waals surface area contributed by atoms with Crippen molar-refractivity contribution in [1.82, 2.24) is 9.88 Å². The number of aliphatic imine (C=N–C) groups is 1. The Kier molecular flexibility index (Phi) is 7.34. The van der Waals surface area contributed by atoms with Crippen LogP contribution in [-0.4, -0.2) is 28.2 Å². The number of carbonyl (C=O) groups excluding carboxylic acids is 2. The maximum Gasteiger partial charge on any atom is 0.341 e. The number of nitrogens with one attached hydrogen (secondary N) is 1. The summed E-state index contributed by atoms with van der Waals surface area (Å²) in [4.78, 5) is 32.3. The average molecular weight is 554 g/mol. The summed E-state index contributed by atoms with van der Waals surface area (Å²) < 4.78 is 7.59. The highest BCUT2D eigenvalue weighted by Crippen LogP contribution is 2.40. The van der Waals surface area contributed by atoms with Crippen molar-refractivity contribution in [3.05, 3.63) is 72.7 Å². The molecule has 37 heavy (non-hydrogen) atoms. The van der Waals surface area contributed by atoms with E-state index in [2.05, 4.69) is 20.9 Å². The van der Waals surface area contributed by atoms with Gasteiger partial charge in [-0.05, 0) is 106 Å². The number of thioether (sulfide) groups is 1. The summed E-state index contributed by atoms with van der Waals surface area (Å²) >= 11 is 9.22. The minimum Gasteiger partial charge on any atom is -0.462 e.